The molecule has 0 aromatic rings. The zero-order chi connectivity index (χ0) is 16.3. The SMILES string of the molecule is [CH2]CCCCC(CC)CCCCCCCCCCCCCC. The van der Waals surface area contributed by atoms with Crippen LogP contribution in [0.5, 0.6) is 0 Å². The van der Waals surface area contributed by atoms with Gasteiger partial charge in [-0.05, 0) is 5.92 Å². The van der Waals surface area contributed by atoms with Crippen molar-refractivity contribution in [3.05, 3.63) is 6.92 Å². The second-order valence-corrected chi connectivity index (χ2v) is 7.30. The van der Waals surface area contributed by atoms with Crippen LogP contribution in [0, 0.1) is 12.8 Å². The molecule has 0 aromatic carbocycles. The maximum Gasteiger partial charge on any atom is -0.0417 e. The van der Waals surface area contributed by atoms with Gasteiger partial charge < -0.3 is 0 Å². The van der Waals surface area contributed by atoms with Gasteiger partial charge in [-0.3, -0.25) is 0 Å². The summed E-state index contributed by atoms with van der Waals surface area (Å²) in [5.41, 5.74) is 0. The predicted octanol–water partition coefficient (Wildman–Crippen LogP) is 8.50. The maximum atomic E-state index is 3.94. The summed E-state index contributed by atoms with van der Waals surface area (Å²) >= 11 is 0. The van der Waals surface area contributed by atoms with Gasteiger partial charge in [0.15, 0.2) is 0 Å². The van der Waals surface area contributed by atoms with Crippen molar-refractivity contribution in [2.75, 3.05) is 0 Å². The van der Waals surface area contributed by atoms with E-state index in [2.05, 4.69) is 20.8 Å². The molecule has 0 aliphatic carbocycles. The van der Waals surface area contributed by atoms with E-state index < -0.39 is 0 Å². The van der Waals surface area contributed by atoms with Crippen LogP contribution >= 0.6 is 0 Å². The fourth-order valence-corrected chi connectivity index (χ4v) is 3.44. The van der Waals surface area contributed by atoms with Crippen molar-refractivity contribution in [2.24, 2.45) is 5.92 Å². The molecule has 1 unspecified atom stereocenters. The summed E-state index contributed by atoms with van der Waals surface area (Å²) in [4.78, 5) is 0. The Hall–Kier alpha value is 0. The van der Waals surface area contributed by atoms with Crippen molar-refractivity contribution in [1.82, 2.24) is 0 Å². The molecule has 0 rings (SSSR count). The Kier molecular flexibility index (Phi) is 19.0. The Labute approximate surface area is 142 Å². The van der Waals surface area contributed by atoms with E-state index in [9.17, 15) is 0 Å². The molecule has 0 spiro atoms. The van der Waals surface area contributed by atoms with Crippen molar-refractivity contribution >= 4 is 0 Å². The molecule has 1 radical (unpaired) electrons. The summed E-state index contributed by atoms with van der Waals surface area (Å²) in [5.74, 6) is 0.995. The van der Waals surface area contributed by atoms with Gasteiger partial charge in [-0.15, -0.1) is 0 Å². The molecule has 1 atom stereocenters. The summed E-state index contributed by atoms with van der Waals surface area (Å²) in [6.07, 6.45) is 25.7. The predicted molar refractivity (Wildman–Crippen MR) is 103 cm³/mol. The second-order valence-electron chi connectivity index (χ2n) is 7.30. The van der Waals surface area contributed by atoms with Gasteiger partial charge >= 0.3 is 0 Å². The molecule has 0 bridgehead atoms. The van der Waals surface area contributed by atoms with Crippen molar-refractivity contribution in [1.29, 1.82) is 0 Å². The highest BCUT2D eigenvalue weighted by atomic mass is 14.1. The van der Waals surface area contributed by atoms with Crippen LogP contribution in [0.2, 0.25) is 0 Å². The first-order valence-electron chi connectivity index (χ1n) is 10.6. The van der Waals surface area contributed by atoms with Gasteiger partial charge in [-0.25, -0.2) is 0 Å². The number of unbranched alkanes of at least 4 members (excludes halogenated alkanes) is 13. The summed E-state index contributed by atoms with van der Waals surface area (Å²) in [6.45, 7) is 8.61. The molecule has 22 heavy (non-hydrogen) atoms. The zero-order valence-corrected chi connectivity index (χ0v) is 16.0. The minimum atomic E-state index is 0.995. The van der Waals surface area contributed by atoms with Gasteiger partial charge in [-0.2, -0.15) is 0 Å². The maximum absolute atomic E-state index is 3.94. The minimum Gasteiger partial charge on any atom is -0.0654 e. The van der Waals surface area contributed by atoms with Crippen molar-refractivity contribution in [3.8, 4) is 0 Å². The molecule has 0 saturated heterocycles. The topological polar surface area (TPSA) is 0 Å². The van der Waals surface area contributed by atoms with Crippen LogP contribution in [0.15, 0.2) is 0 Å². The molecule has 0 N–H and O–H groups in total. The third kappa shape index (κ3) is 16.4. The number of hydrogen-bond donors (Lipinski definition) is 0. The van der Waals surface area contributed by atoms with Crippen molar-refractivity contribution in [2.45, 2.75) is 129 Å². The Morgan fingerprint density at radius 1 is 0.545 bits per heavy atom. The highest BCUT2D eigenvalue weighted by molar-refractivity contribution is 4.59. The molecule has 0 aliphatic rings. The minimum absolute atomic E-state index is 0.995. The quantitative estimate of drug-likeness (QED) is 0.223. The lowest BCUT2D eigenvalue weighted by Gasteiger charge is -2.14. The molecule has 0 amide bonds. The second kappa shape index (κ2) is 19.0. The molecule has 0 heteroatoms. The van der Waals surface area contributed by atoms with Crippen LogP contribution in [0.1, 0.15) is 129 Å². The summed E-state index contributed by atoms with van der Waals surface area (Å²) in [6, 6.07) is 0. The zero-order valence-electron chi connectivity index (χ0n) is 16.0. The van der Waals surface area contributed by atoms with E-state index in [1.165, 1.54) is 109 Å². The van der Waals surface area contributed by atoms with Gasteiger partial charge in [-0.1, -0.05) is 136 Å². The molecule has 0 aliphatic heterocycles. The average molecular weight is 310 g/mol. The third-order valence-electron chi connectivity index (χ3n) is 5.16. The van der Waals surface area contributed by atoms with Gasteiger partial charge in [0.25, 0.3) is 0 Å². The number of hydrogen-bond acceptors (Lipinski definition) is 0. The largest absolute Gasteiger partial charge is 0.0654 e. The smallest absolute Gasteiger partial charge is 0.0417 e. The molecule has 0 saturated carbocycles. The lowest BCUT2D eigenvalue weighted by molar-refractivity contribution is 0.397. The van der Waals surface area contributed by atoms with Crippen LogP contribution < -0.4 is 0 Å². The van der Waals surface area contributed by atoms with E-state index in [1.807, 2.05) is 0 Å². The van der Waals surface area contributed by atoms with E-state index >= 15 is 0 Å². The Morgan fingerprint density at radius 2 is 0.955 bits per heavy atom. The van der Waals surface area contributed by atoms with Crippen LogP contribution in [0.25, 0.3) is 0 Å². The lowest BCUT2D eigenvalue weighted by Crippen LogP contribution is -1.99. The van der Waals surface area contributed by atoms with E-state index in [1.54, 1.807) is 0 Å². The van der Waals surface area contributed by atoms with Gasteiger partial charge in [0.05, 0.1) is 0 Å². The lowest BCUT2D eigenvalue weighted by atomic mass is 9.92. The van der Waals surface area contributed by atoms with Gasteiger partial charge in [0.2, 0.25) is 0 Å². The fourth-order valence-electron chi connectivity index (χ4n) is 3.44. The molecule has 0 nitrogen and oxygen atoms in total. The molecule has 133 valence electrons. The summed E-state index contributed by atoms with van der Waals surface area (Å²) in [7, 11) is 0. The monoisotopic (exact) mass is 309 g/mol. The van der Waals surface area contributed by atoms with E-state index in [0.717, 1.165) is 12.3 Å². The Balaban J connectivity index is 3.18. The third-order valence-corrected chi connectivity index (χ3v) is 5.16. The van der Waals surface area contributed by atoms with Crippen LogP contribution in [-0.4, -0.2) is 0 Å². The van der Waals surface area contributed by atoms with Crippen LogP contribution in [0.4, 0.5) is 0 Å². The normalized spacial score (nSPS) is 12.7. The molecular formula is C22H45. The molecule has 0 aromatic heterocycles. The Bertz CT molecular complexity index is 184. The van der Waals surface area contributed by atoms with E-state index in [0.29, 0.717) is 0 Å². The van der Waals surface area contributed by atoms with Crippen LogP contribution in [0.3, 0.4) is 0 Å². The van der Waals surface area contributed by atoms with Gasteiger partial charge in [0, 0.05) is 0 Å². The first-order valence-corrected chi connectivity index (χ1v) is 10.6. The molecular weight excluding hydrogens is 264 g/mol. The van der Waals surface area contributed by atoms with Crippen molar-refractivity contribution < 1.29 is 0 Å². The average Bonchev–Trinajstić information content (AvgIpc) is 2.54. The fraction of sp³-hybridized carbons (Fsp3) is 0.955. The van der Waals surface area contributed by atoms with Crippen molar-refractivity contribution in [3.63, 3.8) is 0 Å². The van der Waals surface area contributed by atoms with E-state index in [4.69, 9.17) is 0 Å². The number of rotatable bonds is 18. The summed E-state index contributed by atoms with van der Waals surface area (Å²) < 4.78 is 0. The van der Waals surface area contributed by atoms with Crippen LogP contribution in [-0.2, 0) is 0 Å². The highest BCUT2D eigenvalue weighted by Gasteiger charge is 2.05. The highest BCUT2D eigenvalue weighted by Crippen LogP contribution is 2.21. The van der Waals surface area contributed by atoms with E-state index in [-0.39, 0.29) is 0 Å². The molecule has 0 heterocycles. The Morgan fingerprint density at radius 3 is 1.36 bits per heavy atom. The summed E-state index contributed by atoms with van der Waals surface area (Å²) in [5, 5.41) is 0. The molecule has 0 fully saturated rings. The standard InChI is InChI=1S/C22H45/c1-4-7-9-10-11-12-13-14-15-16-17-19-21-22(6-3)20-18-8-5-2/h22H,2,4-21H2,1,3H3. The first kappa shape index (κ1) is 22.0. The van der Waals surface area contributed by atoms with Gasteiger partial charge in [0.1, 0.15) is 0 Å². The first-order chi connectivity index (χ1) is 10.8.